The topological polar surface area (TPSA) is 85.3 Å². The predicted octanol–water partition coefficient (Wildman–Crippen LogP) is 1.83. The number of carbonyl (C=O) groups excluding carboxylic acids is 1. The van der Waals surface area contributed by atoms with E-state index in [9.17, 15) is 4.79 Å². The molecule has 1 aliphatic rings. The molecule has 0 saturated carbocycles. The van der Waals surface area contributed by atoms with Crippen LogP contribution in [0.4, 0.5) is 5.95 Å². The van der Waals surface area contributed by atoms with E-state index >= 15 is 0 Å². The van der Waals surface area contributed by atoms with E-state index < -0.39 is 0 Å². The molecule has 0 aliphatic carbocycles. The van der Waals surface area contributed by atoms with Crippen LogP contribution in [0.3, 0.4) is 0 Å². The first-order valence-corrected chi connectivity index (χ1v) is 7.10. The van der Waals surface area contributed by atoms with Gasteiger partial charge in [0.15, 0.2) is 0 Å². The Kier molecular flexibility index (Phi) is 3.60. The minimum atomic E-state index is -0.265. The average molecular weight is 286 g/mol. The zero-order chi connectivity index (χ0) is 14.8. The molecule has 1 fully saturated rings. The maximum atomic E-state index is 11.4. The SMILES string of the molecule is C[C@@H]1CC[C@@H](C(N)=O)CN1c1noc(-c2ccccc2)n1. The van der Waals surface area contributed by atoms with Gasteiger partial charge in [-0.3, -0.25) is 4.79 Å². The number of nitrogens with two attached hydrogens (primary N) is 1. The summed E-state index contributed by atoms with van der Waals surface area (Å²) in [6.07, 6.45) is 1.71. The van der Waals surface area contributed by atoms with Gasteiger partial charge in [-0.1, -0.05) is 18.2 Å². The van der Waals surface area contributed by atoms with Crippen LogP contribution in [0.25, 0.3) is 11.5 Å². The van der Waals surface area contributed by atoms with Crippen LogP contribution in [0, 0.1) is 5.92 Å². The molecule has 0 radical (unpaired) electrons. The third kappa shape index (κ3) is 2.74. The Morgan fingerprint density at radius 2 is 2.10 bits per heavy atom. The number of anilines is 1. The molecule has 1 saturated heterocycles. The Hall–Kier alpha value is -2.37. The molecule has 6 heteroatoms. The van der Waals surface area contributed by atoms with Crippen LogP contribution < -0.4 is 10.6 Å². The molecule has 2 aromatic rings. The zero-order valence-electron chi connectivity index (χ0n) is 11.9. The number of primary amides is 1. The van der Waals surface area contributed by atoms with Crippen LogP contribution in [-0.4, -0.2) is 28.6 Å². The lowest BCUT2D eigenvalue weighted by molar-refractivity contribution is -0.122. The molecule has 110 valence electrons. The molecular weight excluding hydrogens is 268 g/mol. The van der Waals surface area contributed by atoms with Gasteiger partial charge >= 0.3 is 0 Å². The van der Waals surface area contributed by atoms with E-state index in [1.807, 2.05) is 35.2 Å². The summed E-state index contributed by atoms with van der Waals surface area (Å²) in [4.78, 5) is 17.8. The Bertz CT molecular complexity index is 626. The Morgan fingerprint density at radius 3 is 2.81 bits per heavy atom. The predicted molar refractivity (Wildman–Crippen MR) is 78.5 cm³/mol. The van der Waals surface area contributed by atoms with Crippen molar-refractivity contribution in [1.29, 1.82) is 0 Å². The molecular formula is C15H18N4O2. The summed E-state index contributed by atoms with van der Waals surface area (Å²) in [5, 5.41) is 4.05. The standard InChI is InChI=1S/C15H18N4O2/c1-10-7-8-12(13(16)20)9-19(10)15-17-14(21-18-15)11-5-3-2-4-6-11/h2-6,10,12H,7-9H2,1H3,(H2,16,20)/t10-,12-/m1/s1. The quantitative estimate of drug-likeness (QED) is 0.930. The molecule has 1 aliphatic heterocycles. The average Bonchev–Trinajstić information content (AvgIpc) is 2.98. The first-order chi connectivity index (χ1) is 10.1. The van der Waals surface area contributed by atoms with Gasteiger partial charge < -0.3 is 15.2 Å². The number of carbonyl (C=O) groups is 1. The van der Waals surface area contributed by atoms with Crippen LogP contribution in [0.2, 0.25) is 0 Å². The molecule has 2 atom stereocenters. The maximum absolute atomic E-state index is 11.4. The lowest BCUT2D eigenvalue weighted by atomic mass is 9.93. The molecule has 2 heterocycles. The fourth-order valence-corrected chi connectivity index (χ4v) is 2.65. The summed E-state index contributed by atoms with van der Waals surface area (Å²) < 4.78 is 5.33. The van der Waals surface area contributed by atoms with Crippen LogP contribution in [-0.2, 0) is 4.79 Å². The van der Waals surface area contributed by atoms with Gasteiger partial charge in [0.25, 0.3) is 11.8 Å². The number of hydrogen-bond acceptors (Lipinski definition) is 5. The third-order valence-corrected chi connectivity index (χ3v) is 3.98. The van der Waals surface area contributed by atoms with Crippen molar-refractivity contribution in [2.24, 2.45) is 11.7 Å². The van der Waals surface area contributed by atoms with E-state index in [4.69, 9.17) is 10.3 Å². The Morgan fingerprint density at radius 1 is 1.33 bits per heavy atom. The van der Waals surface area contributed by atoms with Crippen molar-refractivity contribution in [3.8, 4) is 11.5 Å². The second-order valence-corrected chi connectivity index (χ2v) is 5.44. The first kappa shape index (κ1) is 13.6. The normalized spacial score (nSPS) is 22.2. The highest BCUT2D eigenvalue weighted by Gasteiger charge is 2.31. The highest BCUT2D eigenvalue weighted by molar-refractivity contribution is 5.77. The van der Waals surface area contributed by atoms with Crippen molar-refractivity contribution < 1.29 is 9.32 Å². The fraction of sp³-hybridized carbons (Fsp3) is 0.400. The Balaban J connectivity index is 1.83. The molecule has 0 bridgehead atoms. The summed E-state index contributed by atoms with van der Waals surface area (Å²) in [5.74, 6) is 0.588. The lowest BCUT2D eigenvalue weighted by Gasteiger charge is -2.35. The van der Waals surface area contributed by atoms with Crippen molar-refractivity contribution in [2.45, 2.75) is 25.8 Å². The molecule has 1 aromatic heterocycles. The van der Waals surface area contributed by atoms with Crippen molar-refractivity contribution in [1.82, 2.24) is 10.1 Å². The van der Waals surface area contributed by atoms with Crippen LogP contribution in [0.15, 0.2) is 34.9 Å². The summed E-state index contributed by atoms with van der Waals surface area (Å²) in [6.45, 7) is 2.64. The van der Waals surface area contributed by atoms with Crippen LogP contribution in [0.1, 0.15) is 19.8 Å². The number of aromatic nitrogens is 2. The maximum Gasteiger partial charge on any atom is 0.266 e. The highest BCUT2D eigenvalue weighted by Crippen LogP contribution is 2.27. The number of amides is 1. The summed E-state index contributed by atoms with van der Waals surface area (Å²) in [7, 11) is 0. The van der Waals surface area contributed by atoms with E-state index in [2.05, 4.69) is 17.1 Å². The molecule has 1 amide bonds. The number of rotatable bonds is 3. The number of benzene rings is 1. The van der Waals surface area contributed by atoms with E-state index in [1.165, 1.54) is 0 Å². The van der Waals surface area contributed by atoms with E-state index in [-0.39, 0.29) is 17.9 Å². The van der Waals surface area contributed by atoms with Gasteiger partial charge in [-0.2, -0.15) is 4.98 Å². The number of nitrogens with zero attached hydrogens (tertiary/aromatic N) is 3. The molecule has 0 unspecified atom stereocenters. The van der Waals surface area contributed by atoms with Gasteiger partial charge in [0, 0.05) is 18.2 Å². The van der Waals surface area contributed by atoms with E-state index in [0.717, 1.165) is 18.4 Å². The van der Waals surface area contributed by atoms with Crippen molar-refractivity contribution in [3.05, 3.63) is 30.3 Å². The van der Waals surface area contributed by atoms with Gasteiger partial charge in [0.05, 0.1) is 5.92 Å². The van der Waals surface area contributed by atoms with Crippen molar-refractivity contribution in [3.63, 3.8) is 0 Å². The summed E-state index contributed by atoms with van der Waals surface area (Å²) in [6, 6.07) is 9.89. The molecule has 0 spiro atoms. The number of hydrogen-bond donors (Lipinski definition) is 1. The molecule has 21 heavy (non-hydrogen) atoms. The monoisotopic (exact) mass is 286 g/mol. The Labute approximate surface area is 122 Å². The van der Waals surface area contributed by atoms with E-state index in [0.29, 0.717) is 18.4 Å². The first-order valence-electron chi connectivity index (χ1n) is 7.10. The van der Waals surface area contributed by atoms with Gasteiger partial charge in [0.2, 0.25) is 5.91 Å². The summed E-state index contributed by atoms with van der Waals surface area (Å²) in [5.41, 5.74) is 6.30. The third-order valence-electron chi connectivity index (χ3n) is 3.98. The molecule has 2 N–H and O–H groups in total. The largest absolute Gasteiger partial charge is 0.369 e. The second-order valence-electron chi connectivity index (χ2n) is 5.44. The minimum Gasteiger partial charge on any atom is -0.369 e. The van der Waals surface area contributed by atoms with Gasteiger partial charge in [-0.05, 0) is 37.1 Å². The second kappa shape index (κ2) is 5.55. The van der Waals surface area contributed by atoms with Crippen molar-refractivity contribution >= 4 is 11.9 Å². The fourth-order valence-electron chi connectivity index (χ4n) is 2.65. The van der Waals surface area contributed by atoms with E-state index in [1.54, 1.807) is 0 Å². The van der Waals surface area contributed by atoms with Crippen LogP contribution >= 0.6 is 0 Å². The zero-order valence-corrected chi connectivity index (χ0v) is 11.9. The van der Waals surface area contributed by atoms with Gasteiger partial charge in [0.1, 0.15) is 0 Å². The molecule has 1 aromatic carbocycles. The molecule has 3 rings (SSSR count). The van der Waals surface area contributed by atoms with Gasteiger partial charge in [-0.25, -0.2) is 0 Å². The minimum absolute atomic E-state index is 0.153. The van der Waals surface area contributed by atoms with Crippen molar-refractivity contribution in [2.75, 3.05) is 11.4 Å². The summed E-state index contributed by atoms with van der Waals surface area (Å²) >= 11 is 0. The highest BCUT2D eigenvalue weighted by atomic mass is 16.5. The van der Waals surface area contributed by atoms with Gasteiger partial charge in [-0.15, -0.1) is 0 Å². The lowest BCUT2D eigenvalue weighted by Crippen LogP contribution is -2.46. The number of piperidine rings is 1. The molecule has 6 nitrogen and oxygen atoms in total. The van der Waals surface area contributed by atoms with Crippen LogP contribution in [0.5, 0.6) is 0 Å². The smallest absolute Gasteiger partial charge is 0.266 e.